The van der Waals surface area contributed by atoms with Gasteiger partial charge in [0, 0.05) is 109 Å². The summed E-state index contributed by atoms with van der Waals surface area (Å²) in [6, 6.07) is -2.09. The van der Waals surface area contributed by atoms with Crippen LogP contribution in [0.25, 0.3) is 21.8 Å². The second-order valence-electron chi connectivity index (χ2n) is 32.7. The van der Waals surface area contributed by atoms with Crippen molar-refractivity contribution in [3.63, 3.8) is 0 Å². The number of primary amides is 1. The maximum Gasteiger partial charge on any atom is 0.326 e. The second-order valence-corrected chi connectivity index (χ2v) is 33.5. The predicted molar refractivity (Wildman–Crippen MR) is 471 cm³/mol. The van der Waals surface area contributed by atoms with Crippen LogP contribution in [0.4, 0.5) is 0 Å². The molecule has 2 fully saturated rings. The summed E-state index contributed by atoms with van der Waals surface area (Å²) in [5.41, 5.74) is 20.6. The Labute approximate surface area is 748 Å². The Kier molecular flexibility index (Phi) is 38.5. The third-order valence-corrected chi connectivity index (χ3v) is 22.7. The summed E-state index contributed by atoms with van der Waals surface area (Å²) in [5.74, 6) is -19.2. The number of phenolic OH excluding ortho intramolecular Hbond substituents is 1. The molecule has 0 unspecified atom stereocenters. The van der Waals surface area contributed by atoms with Crippen LogP contribution in [0, 0.1) is 11.8 Å². The number of likely N-dealkylation sites (tertiary alicyclic amines) is 2. The maximum absolute atomic E-state index is 15.3. The standard InChI is InChI=1S/C85H116N20O21S2/c1-44(2)31-59(75(115)102-65(41-127)79(119)93-56(17-9-10-28-86)72(112)101-64(85(125)126)32-45(3)4)96-77(117)61(35-48-39-91-55-16-8-6-14-52(48)55)98-73(113)57(24-26-69(88)107)94-76(116)60(34-47-38-90-54-15-7-5-13-51(47)54)97-74(114)58(25-27-70(108)109)95-81(121)68-19-12-30-105(68)84(124)63(33-46-20-22-50(106)23-21-46)100-78(118)62(37-71(110)111)99-80(120)66(42-128)103-82(122)67-18-11-29-104(67)83(123)53(87)36-49-40-89-43-92-49/h5-8,13-16,20-23,38-40,43-45,53,56-68,90-91,106,127-128H,9-12,17-19,24-37,41-42,86-87H2,1-4H3,(H2,88,107)(H,89,92)(H,93,119)(H,94,116)(H,95,121)(H,96,117)(H,97,114)(H,98,113)(H,99,120)(H,100,118)(H,101,112)(H,102,115)(H,103,122)(H,108,109)(H,110,111)(H,125,126)/t53-,56-,57-,58-,59-,60-,61-,62-,63-,64-,65-,66-,67-,68-/m0/s1. The van der Waals surface area contributed by atoms with E-state index >= 15 is 24.0 Å². The summed E-state index contributed by atoms with van der Waals surface area (Å²) < 4.78 is 0. The molecule has 0 aliphatic carbocycles. The number of aromatic hydroxyl groups is 1. The monoisotopic (exact) mass is 1820 g/mol. The summed E-state index contributed by atoms with van der Waals surface area (Å²) >= 11 is 8.61. The molecule has 2 aliphatic heterocycles. The fraction of sp³-hybridized carbons (Fsp3) is 0.506. The first-order chi connectivity index (χ1) is 60.9. The zero-order chi connectivity index (χ0) is 93.6. The van der Waals surface area contributed by atoms with Gasteiger partial charge in [-0.2, -0.15) is 25.3 Å². The third-order valence-electron chi connectivity index (χ3n) is 21.9. The van der Waals surface area contributed by atoms with E-state index in [9.17, 15) is 78.0 Å². The molecule has 0 saturated carbocycles. The van der Waals surface area contributed by atoms with E-state index in [0.717, 1.165) is 4.90 Å². The number of fused-ring (bicyclic) bond motifs is 2. The number of hydrogen-bond acceptors (Lipinski definition) is 23. The van der Waals surface area contributed by atoms with Crippen molar-refractivity contribution in [3.8, 4) is 5.75 Å². The number of hydrogen-bond donors (Lipinski definition) is 23. The summed E-state index contributed by atoms with van der Waals surface area (Å²) in [7, 11) is 0. The maximum atomic E-state index is 15.3. The molecular formula is C85H116N20O21S2. The zero-order valence-corrected chi connectivity index (χ0v) is 73.2. The summed E-state index contributed by atoms with van der Waals surface area (Å²) in [6.07, 6.45) is 2.89. The lowest BCUT2D eigenvalue weighted by Crippen LogP contribution is -2.61. The van der Waals surface area contributed by atoms with E-state index < -0.39 is 229 Å². The minimum atomic E-state index is -1.96. The summed E-state index contributed by atoms with van der Waals surface area (Å²) in [4.78, 5) is 255. The number of carboxylic acid groups (broad SMARTS) is 3. The van der Waals surface area contributed by atoms with Crippen LogP contribution in [0.15, 0.2) is 97.7 Å². The highest BCUT2D eigenvalue weighted by atomic mass is 32.1. The molecule has 8 rings (SSSR count). The van der Waals surface area contributed by atoms with Gasteiger partial charge in [-0.25, -0.2) is 9.78 Å². The average Bonchev–Trinajstić information content (AvgIpc) is 1.65. The van der Waals surface area contributed by atoms with Crippen LogP contribution >= 0.6 is 25.3 Å². The van der Waals surface area contributed by atoms with E-state index in [4.69, 9.17) is 17.2 Å². The average molecular weight is 1820 g/mol. The molecule has 14 atom stereocenters. The van der Waals surface area contributed by atoms with Crippen molar-refractivity contribution >= 4 is 148 Å². The molecule has 3 aromatic heterocycles. The number of phenols is 1. The van der Waals surface area contributed by atoms with Crippen molar-refractivity contribution in [1.29, 1.82) is 0 Å². The van der Waals surface area contributed by atoms with Crippen molar-refractivity contribution in [2.24, 2.45) is 29.0 Å². The number of aromatic nitrogens is 4. The number of rotatable bonds is 51. The van der Waals surface area contributed by atoms with Crippen LogP contribution < -0.4 is 75.7 Å². The molecule has 24 N–H and O–H groups in total. The van der Waals surface area contributed by atoms with Gasteiger partial charge < -0.3 is 121 Å². The third kappa shape index (κ3) is 29.7. The Morgan fingerprint density at radius 2 is 0.891 bits per heavy atom. The highest BCUT2D eigenvalue weighted by Crippen LogP contribution is 2.26. The van der Waals surface area contributed by atoms with Crippen LogP contribution in [-0.2, 0) is 107 Å². The molecule has 2 aliphatic rings. The van der Waals surface area contributed by atoms with Crippen LogP contribution in [0.3, 0.4) is 0 Å². The highest BCUT2D eigenvalue weighted by molar-refractivity contribution is 7.80. The molecule has 128 heavy (non-hydrogen) atoms. The molecule has 43 heteroatoms. The van der Waals surface area contributed by atoms with Gasteiger partial charge in [0.15, 0.2) is 0 Å². The smallest absolute Gasteiger partial charge is 0.326 e. The van der Waals surface area contributed by atoms with Gasteiger partial charge in [-0.1, -0.05) is 76.2 Å². The Morgan fingerprint density at radius 3 is 1.38 bits per heavy atom. The van der Waals surface area contributed by atoms with Crippen molar-refractivity contribution in [2.45, 2.75) is 228 Å². The minimum Gasteiger partial charge on any atom is -0.508 e. The van der Waals surface area contributed by atoms with Gasteiger partial charge in [0.25, 0.3) is 0 Å². The molecule has 5 heterocycles. The first-order valence-corrected chi connectivity index (χ1v) is 43.6. The first kappa shape index (κ1) is 101. The zero-order valence-electron chi connectivity index (χ0n) is 71.4. The number of aliphatic carboxylic acids is 3. The summed E-state index contributed by atoms with van der Waals surface area (Å²) in [5, 5.41) is 69.9. The fourth-order valence-corrected chi connectivity index (χ4v) is 15.8. The Bertz CT molecular complexity index is 4910. The van der Waals surface area contributed by atoms with Gasteiger partial charge >= 0.3 is 17.9 Å². The first-order valence-electron chi connectivity index (χ1n) is 42.4. The number of nitrogens with one attached hydrogen (secondary N) is 14. The number of thiol groups is 2. The number of nitrogens with two attached hydrogens (primary N) is 3. The molecule has 0 spiro atoms. The van der Waals surface area contributed by atoms with Gasteiger partial charge in [-0.3, -0.25) is 76.7 Å². The van der Waals surface area contributed by atoms with Crippen LogP contribution in [-0.4, -0.2) is 266 Å². The van der Waals surface area contributed by atoms with Gasteiger partial charge in [-0.15, -0.1) is 0 Å². The number of unbranched alkanes of at least 4 members (excludes halogenated alkanes) is 1. The normalized spacial score (nSPS) is 16.6. The minimum absolute atomic E-state index is 0.0405. The number of imidazole rings is 1. The predicted octanol–water partition coefficient (Wildman–Crippen LogP) is -1.24. The molecule has 0 radical (unpaired) electrons. The molecular weight excluding hydrogens is 1700 g/mol. The van der Waals surface area contributed by atoms with E-state index in [-0.39, 0.29) is 101 Å². The van der Waals surface area contributed by atoms with Crippen LogP contribution in [0.2, 0.25) is 0 Å². The lowest BCUT2D eigenvalue weighted by molar-refractivity contribution is -0.144. The molecule has 6 aromatic rings. The van der Waals surface area contributed by atoms with Crippen molar-refractivity contribution in [2.75, 3.05) is 31.1 Å². The second kappa shape index (κ2) is 48.9. The van der Waals surface area contributed by atoms with E-state index in [2.05, 4.69) is 104 Å². The number of benzene rings is 3. The van der Waals surface area contributed by atoms with Crippen molar-refractivity contribution < 1.29 is 102 Å². The Morgan fingerprint density at radius 1 is 0.469 bits per heavy atom. The Hall–Kier alpha value is -12.6. The van der Waals surface area contributed by atoms with Gasteiger partial charge in [0.2, 0.25) is 82.7 Å². The molecule has 2 saturated heterocycles. The molecule has 0 bridgehead atoms. The van der Waals surface area contributed by atoms with E-state index in [1.165, 1.54) is 47.9 Å². The van der Waals surface area contributed by atoms with E-state index in [1.54, 1.807) is 82.4 Å². The van der Waals surface area contributed by atoms with Crippen LogP contribution in [0.5, 0.6) is 5.75 Å². The number of H-pyrrole nitrogens is 3. The highest BCUT2D eigenvalue weighted by Gasteiger charge is 2.44. The number of aromatic amines is 3. The number of para-hydroxylation sites is 2. The number of amides is 14. The number of carboxylic acids is 3. The van der Waals surface area contributed by atoms with Gasteiger partial charge in [0.1, 0.15) is 84.3 Å². The molecule has 3 aromatic carbocycles. The van der Waals surface area contributed by atoms with Gasteiger partial charge in [0.05, 0.1) is 18.8 Å². The van der Waals surface area contributed by atoms with Crippen LogP contribution in [0.1, 0.15) is 140 Å². The number of nitrogens with zero attached hydrogens (tertiary/aromatic N) is 3. The Balaban J connectivity index is 1.03. The quantitative estimate of drug-likeness (QED) is 0.0157. The largest absolute Gasteiger partial charge is 0.508 e. The molecule has 694 valence electrons. The SMILES string of the molecule is CC(C)C[C@H](NC(=O)[C@H](CCCCN)NC(=O)[C@H](CS)NC(=O)[C@H](CC(C)C)NC(=O)[C@H](Cc1c[nH]c2ccccc12)NC(=O)[C@H](CCC(N)=O)NC(=O)[C@H](Cc1c[nH]c2ccccc12)NC(=O)[C@H](CCC(=O)O)NC(=O)[C@@H]1CCCN1C(=O)[C@H](Cc1ccc(O)cc1)NC(=O)[C@H](CC(=O)O)NC(=O)[C@H](CS)NC(=O)[C@@H]1CCCN1C(=O)[C@@H](N)Cc1cnc[nH]1)C(=O)O. The van der Waals surface area contributed by atoms with Gasteiger partial charge in [-0.05, 0) is 130 Å². The lowest BCUT2D eigenvalue weighted by Gasteiger charge is -2.31. The van der Waals surface area contributed by atoms with E-state index in [0.29, 0.717) is 63.5 Å². The number of carbonyl (C=O) groups is 17. The number of carbonyl (C=O) groups excluding carboxylic acids is 14. The van der Waals surface area contributed by atoms with E-state index in [1.807, 2.05) is 0 Å². The molecule has 14 amide bonds. The summed E-state index contributed by atoms with van der Waals surface area (Å²) in [6.45, 7) is 7.27. The molecule has 41 nitrogen and oxygen atoms in total. The fourth-order valence-electron chi connectivity index (χ4n) is 15.3. The topological polar surface area (TPSA) is 648 Å². The lowest BCUT2D eigenvalue weighted by atomic mass is 9.99. The van der Waals surface area contributed by atoms with Crippen molar-refractivity contribution in [1.82, 2.24) is 88.2 Å². The van der Waals surface area contributed by atoms with Crippen molar-refractivity contribution in [3.05, 3.63) is 120 Å².